The van der Waals surface area contributed by atoms with Gasteiger partial charge in [-0.25, -0.2) is 13.6 Å². The predicted octanol–water partition coefficient (Wildman–Crippen LogP) is 0.211. The van der Waals surface area contributed by atoms with Crippen LogP contribution >= 0.6 is 11.6 Å². The molecule has 0 aromatic heterocycles. The highest BCUT2D eigenvalue weighted by molar-refractivity contribution is 7.89. The van der Waals surface area contributed by atoms with Crippen LogP contribution in [0.1, 0.15) is 11.6 Å². The molecule has 0 spiro atoms. The van der Waals surface area contributed by atoms with Crippen LogP contribution in [-0.2, 0) is 14.8 Å². The van der Waals surface area contributed by atoms with Crippen LogP contribution in [0.3, 0.4) is 0 Å². The molecule has 1 atom stereocenters. The van der Waals surface area contributed by atoms with Gasteiger partial charge in [0.15, 0.2) is 0 Å². The van der Waals surface area contributed by atoms with E-state index in [1.807, 2.05) is 0 Å². The molecule has 0 fully saturated rings. The second-order valence-electron chi connectivity index (χ2n) is 3.97. The van der Waals surface area contributed by atoms with E-state index >= 15 is 0 Å². The van der Waals surface area contributed by atoms with Crippen molar-refractivity contribution in [2.24, 2.45) is 5.14 Å². The topological polar surface area (TPSA) is 101 Å². The zero-order valence-corrected chi connectivity index (χ0v) is 10.9. The number of amides is 1. The largest absolute Gasteiger partial charge is 0.324 e. The summed E-state index contributed by atoms with van der Waals surface area (Å²) in [4.78, 5) is 11.7. The maximum Gasteiger partial charge on any atom is 0.246 e. The Morgan fingerprint density at radius 1 is 1.44 bits per heavy atom. The van der Waals surface area contributed by atoms with Crippen LogP contribution in [0, 0.1) is 0 Å². The smallest absolute Gasteiger partial charge is 0.246 e. The van der Waals surface area contributed by atoms with Gasteiger partial charge in [-0.3, -0.25) is 4.79 Å². The molecule has 1 aliphatic rings. The Balaban J connectivity index is 2.10. The quantitative estimate of drug-likeness (QED) is 0.737. The van der Waals surface area contributed by atoms with Crippen molar-refractivity contribution in [3.05, 3.63) is 28.8 Å². The number of nitrogens with two attached hydrogens (primary N) is 1. The van der Waals surface area contributed by atoms with E-state index in [1.165, 1.54) is 0 Å². The molecule has 4 N–H and O–H groups in total. The number of halogens is 1. The van der Waals surface area contributed by atoms with Crippen LogP contribution in [0.5, 0.6) is 0 Å². The van der Waals surface area contributed by atoms with Crippen molar-refractivity contribution in [3.63, 3.8) is 0 Å². The third-order valence-corrected chi connectivity index (χ3v) is 3.59. The summed E-state index contributed by atoms with van der Waals surface area (Å²) in [5, 5.41) is 10.9. The van der Waals surface area contributed by atoms with Gasteiger partial charge in [0.1, 0.15) is 6.04 Å². The lowest BCUT2D eigenvalue weighted by Crippen LogP contribution is -2.33. The summed E-state index contributed by atoms with van der Waals surface area (Å²) in [5.74, 6) is -0.464. The van der Waals surface area contributed by atoms with Crippen LogP contribution < -0.4 is 15.8 Å². The first-order valence-corrected chi connectivity index (χ1v) is 7.30. The molecule has 1 heterocycles. The Kier molecular flexibility index (Phi) is 3.58. The summed E-state index contributed by atoms with van der Waals surface area (Å²) in [5.41, 5.74) is 1.39. The van der Waals surface area contributed by atoms with Crippen molar-refractivity contribution in [3.8, 4) is 0 Å². The Morgan fingerprint density at radius 2 is 2.17 bits per heavy atom. The average molecular weight is 290 g/mol. The molecule has 1 aromatic rings. The van der Waals surface area contributed by atoms with Crippen LogP contribution in [0.25, 0.3) is 0 Å². The third-order valence-electron chi connectivity index (χ3n) is 2.58. The number of rotatable bonds is 4. The number of hydrogen-bond donors (Lipinski definition) is 3. The van der Waals surface area contributed by atoms with E-state index in [1.54, 1.807) is 18.2 Å². The lowest BCUT2D eigenvalue weighted by molar-refractivity contribution is -0.117. The van der Waals surface area contributed by atoms with Gasteiger partial charge in [-0.1, -0.05) is 11.6 Å². The van der Waals surface area contributed by atoms with Crippen molar-refractivity contribution < 1.29 is 13.2 Å². The summed E-state index contributed by atoms with van der Waals surface area (Å²) < 4.78 is 21.6. The molecule has 18 heavy (non-hydrogen) atoms. The minimum Gasteiger partial charge on any atom is -0.324 e. The van der Waals surface area contributed by atoms with Gasteiger partial charge in [0.2, 0.25) is 15.9 Å². The van der Waals surface area contributed by atoms with E-state index in [-0.39, 0.29) is 18.2 Å². The molecule has 1 aliphatic heterocycles. The Labute approximate surface area is 110 Å². The number of anilines is 1. The number of sulfonamides is 1. The van der Waals surface area contributed by atoms with Crippen molar-refractivity contribution in [2.45, 2.75) is 6.04 Å². The number of primary sulfonamides is 1. The number of carbonyl (C=O) groups excluding carboxylic acids is 1. The van der Waals surface area contributed by atoms with Crippen molar-refractivity contribution in [1.29, 1.82) is 0 Å². The molecular weight excluding hydrogens is 278 g/mol. The van der Waals surface area contributed by atoms with E-state index in [0.29, 0.717) is 16.3 Å². The van der Waals surface area contributed by atoms with Gasteiger partial charge in [-0.05, 0) is 18.2 Å². The van der Waals surface area contributed by atoms with Crippen LogP contribution in [0.4, 0.5) is 5.69 Å². The zero-order valence-electron chi connectivity index (χ0n) is 9.31. The molecule has 8 heteroatoms. The molecular formula is C10H12ClN3O3S. The SMILES string of the molecule is NS(=O)(=O)CCNC1C(=O)Nc2ccc(Cl)cc21. The minimum absolute atomic E-state index is 0.100. The number of benzene rings is 1. The molecule has 1 amide bonds. The maximum absolute atomic E-state index is 11.7. The standard InChI is InChI=1S/C10H12ClN3O3S/c11-6-1-2-8-7(5-6)9(10(15)14-8)13-3-4-18(12,16)17/h1-2,5,9,13H,3-4H2,(H,14,15)(H2,12,16,17). The summed E-state index contributed by atoms with van der Waals surface area (Å²) in [7, 11) is -3.54. The number of fused-ring (bicyclic) bond motifs is 1. The highest BCUT2D eigenvalue weighted by atomic mass is 35.5. The van der Waals surface area contributed by atoms with E-state index in [2.05, 4.69) is 10.6 Å². The van der Waals surface area contributed by atoms with Crippen molar-refractivity contribution >= 4 is 33.2 Å². The van der Waals surface area contributed by atoms with Gasteiger partial charge in [-0.15, -0.1) is 0 Å². The monoisotopic (exact) mass is 289 g/mol. The second-order valence-corrected chi connectivity index (χ2v) is 6.15. The van der Waals surface area contributed by atoms with E-state index in [0.717, 1.165) is 0 Å². The lowest BCUT2D eigenvalue weighted by Gasteiger charge is -2.10. The van der Waals surface area contributed by atoms with Crippen LogP contribution in [0.15, 0.2) is 18.2 Å². The number of nitrogens with one attached hydrogen (secondary N) is 2. The zero-order chi connectivity index (χ0) is 13.3. The predicted molar refractivity (Wildman–Crippen MR) is 68.8 cm³/mol. The molecule has 2 rings (SSSR count). The average Bonchev–Trinajstić information content (AvgIpc) is 2.54. The maximum atomic E-state index is 11.7. The number of hydrogen-bond acceptors (Lipinski definition) is 4. The van der Waals surface area contributed by atoms with Crippen LogP contribution in [-0.4, -0.2) is 26.6 Å². The third kappa shape index (κ3) is 2.99. The molecule has 98 valence electrons. The summed E-state index contributed by atoms with van der Waals surface area (Å²) in [6.07, 6.45) is 0. The van der Waals surface area contributed by atoms with Crippen molar-refractivity contribution in [2.75, 3.05) is 17.6 Å². The summed E-state index contributed by atoms with van der Waals surface area (Å²) in [6.45, 7) is 0.100. The van der Waals surface area contributed by atoms with E-state index < -0.39 is 16.1 Å². The molecule has 0 saturated carbocycles. The van der Waals surface area contributed by atoms with Crippen molar-refractivity contribution in [1.82, 2.24) is 5.32 Å². The molecule has 0 radical (unpaired) electrons. The first kappa shape index (κ1) is 13.3. The molecule has 0 aliphatic carbocycles. The fraction of sp³-hybridized carbons (Fsp3) is 0.300. The van der Waals surface area contributed by atoms with Gasteiger partial charge in [0.25, 0.3) is 0 Å². The van der Waals surface area contributed by atoms with Gasteiger partial charge in [0.05, 0.1) is 5.75 Å². The fourth-order valence-electron chi connectivity index (χ4n) is 1.78. The molecule has 1 unspecified atom stereocenters. The lowest BCUT2D eigenvalue weighted by atomic mass is 10.1. The first-order chi connectivity index (χ1) is 8.37. The highest BCUT2D eigenvalue weighted by Crippen LogP contribution is 2.32. The minimum atomic E-state index is -3.54. The molecule has 1 aromatic carbocycles. The van der Waals surface area contributed by atoms with Crippen LogP contribution in [0.2, 0.25) is 5.02 Å². The molecule has 0 saturated heterocycles. The Hall–Kier alpha value is -1.15. The van der Waals surface area contributed by atoms with Gasteiger partial charge in [0, 0.05) is 22.8 Å². The Morgan fingerprint density at radius 3 is 2.83 bits per heavy atom. The fourth-order valence-corrected chi connectivity index (χ4v) is 2.36. The molecule has 0 bridgehead atoms. The van der Waals surface area contributed by atoms with Gasteiger partial charge >= 0.3 is 0 Å². The Bertz CT molecular complexity index is 588. The van der Waals surface area contributed by atoms with E-state index in [9.17, 15) is 13.2 Å². The summed E-state index contributed by atoms with van der Waals surface area (Å²) in [6, 6.07) is 4.45. The van der Waals surface area contributed by atoms with Gasteiger partial charge < -0.3 is 10.6 Å². The molecule has 6 nitrogen and oxygen atoms in total. The highest BCUT2D eigenvalue weighted by Gasteiger charge is 2.30. The van der Waals surface area contributed by atoms with E-state index in [4.69, 9.17) is 16.7 Å². The summed E-state index contributed by atoms with van der Waals surface area (Å²) >= 11 is 5.86. The van der Waals surface area contributed by atoms with Gasteiger partial charge in [-0.2, -0.15) is 0 Å². The number of carbonyl (C=O) groups is 1. The normalized spacial score (nSPS) is 18.6. The first-order valence-electron chi connectivity index (χ1n) is 5.21. The second kappa shape index (κ2) is 4.85.